The van der Waals surface area contributed by atoms with Crippen LogP contribution >= 0.6 is 7.82 Å². The molecule has 3 N–H and O–H groups in total. The van der Waals surface area contributed by atoms with Crippen LogP contribution in [0, 0.1) is 0 Å². The molecule has 0 amide bonds. The van der Waals surface area contributed by atoms with Crippen LogP contribution in [0.1, 0.15) is 0 Å². The van der Waals surface area contributed by atoms with Gasteiger partial charge in [0.05, 0.1) is 0 Å². The van der Waals surface area contributed by atoms with Gasteiger partial charge in [0.15, 0.2) is 0 Å². The molecule has 0 rings (SSSR count). The fourth-order valence-electron chi connectivity index (χ4n) is 0. The Balaban J connectivity index is -0.0000000800. The maximum absolute atomic E-state index is 8.88. The summed E-state index contributed by atoms with van der Waals surface area (Å²) in [7, 11) is -4.64. The molecule has 0 atom stereocenters. The molecule has 0 unspecified atom stereocenters. The van der Waals surface area contributed by atoms with Crippen molar-refractivity contribution >= 4 is 7.82 Å². The predicted molar refractivity (Wildman–Crippen MR) is 14.3 cm³/mol. The van der Waals surface area contributed by atoms with Crippen molar-refractivity contribution in [1.82, 2.24) is 0 Å². The monoisotopic (exact) mass is 208 g/mol. The first-order valence-electron chi connectivity index (χ1n) is 0.783. The normalized spacial score (nSPS) is 8.43. The van der Waals surface area contributed by atoms with E-state index in [1.165, 1.54) is 0 Å². The van der Waals surface area contributed by atoms with E-state index in [4.69, 9.17) is 19.2 Å². The first kappa shape index (κ1) is 15.7. The van der Waals surface area contributed by atoms with Crippen LogP contribution < -0.4 is 0 Å². The predicted octanol–water partition coefficient (Wildman–Crippen LogP) is -0.934. The standard InChI is InChI=1S/2Mn.H3O4P/c;;1-5(2,3)4/h;;(H3,1,2,3,4). The van der Waals surface area contributed by atoms with Gasteiger partial charge in [-0.3, -0.25) is 0 Å². The summed E-state index contributed by atoms with van der Waals surface area (Å²) < 4.78 is 8.88. The molecule has 0 aliphatic carbocycles. The van der Waals surface area contributed by atoms with E-state index in [0.29, 0.717) is 0 Å². The van der Waals surface area contributed by atoms with Crippen molar-refractivity contribution in [1.29, 1.82) is 0 Å². The average molecular weight is 208 g/mol. The third-order valence-electron chi connectivity index (χ3n) is 0. The second kappa shape index (κ2) is 5.29. The van der Waals surface area contributed by atoms with Gasteiger partial charge in [0.25, 0.3) is 0 Å². The maximum atomic E-state index is 8.88. The number of hydrogen-bond acceptors (Lipinski definition) is 1. The molecule has 2 radical (unpaired) electrons. The Kier molecular flexibility index (Phi) is 11.9. The third kappa shape index (κ3) is 144. The minimum absolute atomic E-state index is 0. The molecule has 46 valence electrons. The van der Waals surface area contributed by atoms with Crippen LogP contribution in [0.3, 0.4) is 0 Å². The van der Waals surface area contributed by atoms with Gasteiger partial charge in [0, 0.05) is 34.1 Å². The average Bonchev–Trinajstić information content (AvgIpc) is 0.722. The van der Waals surface area contributed by atoms with Gasteiger partial charge in [-0.05, 0) is 0 Å². The summed E-state index contributed by atoms with van der Waals surface area (Å²) in [5.41, 5.74) is 0. The van der Waals surface area contributed by atoms with Gasteiger partial charge >= 0.3 is 7.82 Å². The Morgan fingerprint density at radius 1 is 1.00 bits per heavy atom. The van der Waals surface area contributed by atoms with Crippen molar-refractivity contribution in [2.75, 3.05) is 0 Å². The summed E-state index contributed by atoms with van der Waals surface area (Å²) in [5.74, 6) is 0. The molecule has 4 nitrogen and oxygen atoms in total. The van der Waals surface area contributed by atoms with Crippen LogP contribution in [0.4, 0.5) is 0 Å². The van der Waals surface area contributed by atoms with E-state index in [1.807, 2.05) is 0 Å². The molecule has 0 spiro atoms. The Labute approximate surface area is 61.5 Å². The van der Waals surface area contributed by atoms with Crippen LogP contribution in [0.15, 0.2) is 0 Å². The van der Waals surface area contributed by atoms with E-state index in [1.54, 1.807) is 0 Å². The van der Waals surface area contributed by atoms with Crippen LogP contribution in [-0.4, -0.2) is 14.7 Å². The Morgan fingerprint density at radius 2 is 1.00 bits per heavy atom. The molecular weight excluding hydrogens is 205 g/mol. The zero-order valence-electron chi connectivity index (χ0n) is 2.95. The van der Waals surface area contributed by atoms with Gasteiger partial charge in [-0.25, -0.2) is 4.57 Å². The first-order chi connectivity index (χ1) is 2.00. The molecule has 0 aromatic rings. The second-order valence-electron chi connectivity index (χ2n) is 0.513. The van der Waals surface area contributed by atoms with Crippen molar-refractivity contribution in [3.05, 3.63) is 0 Å². The quantitative estimate of drug-likeness (QED) is 0.354. The molecule has 0 aliphatic heterocycles. The molecule has 0 fully saturated rings. The molecular formula is H3Mn2O4P. The summed E-state index contributed by atoms with van der Waals surface area (Å²) in [5, 5.41) is 0. The van der Waals surface area contributed by atoms with E-state index in [-0.39, 0.29) is 34.1 Å². The summed E-state index contributed by atoms with van der Waals surface area (Å²) in [6.45, 7) is 0. The van der Waals surface area contributed by atoms with Gasteiger partial charge in [-0.2, -0.15) is 0 Å². The van der Waals surface area contributed by atoms with E-state index in [2.05, 4.69) is 0 Å². The summed E-state index contributed by atoms with van der Waals surface area (Å²) >= 11 is 0. The Bertz CT molecular complexity index is 55.8. The smallest absolute Gasteiger partial charge is 0.303 e. The summed E-state index contributed by atoms with van der Waals surface area (Å²) in [4.78, 5) is 21.6. The van der Waals surface area contributed by atoms with Crippen LogP contribution in [0.25, 0.3) is 0 Å². The zero-order chi connectivity index (χ0) is 4.50. The van der Waals surface area contributed by atoms with Crippen molar-refractivity contribution in [2.24, 2.45) is 0 Å². The molecule has 0 aromatic heterocycles. The van der Waals surface area contributed by atoms with Gasteiger partial charge in [0.2, 0.25) is 0 Å². The molecule has 0 saturated carbocycles. The van der Waals surface area contributed by atoms with Crippen molar-refractivity contribution in [2.45, 2.75) is 0 Å². The van der Waals surface area contributed by atoms with Crippen molar-refractivity contribution in [3.8, 4) is 0 Å². The Hall–Kier alpha value is 1.15. The SMILES string of the molecule is O=P(O)(O)O.[Mn].[Mn]. The summed E-state index contributed by atoms with van der Waals surface area (Å²) in [6.07, 6.45) is 0. The first-order valence-corrected chi connectivity index (χ1v) is 2.35. The minimum atomic E-state index is -4.64. The number of hydrogen-bond donors (Lipinski definition) is 3. The van der Waals surface area contributed by atoms with Crippen LogP contribution in [0.5, 0.6) is 0 Å². The maximum Gasteiger partial charge on any atom is 0.466 e. The topological polar surface area (TPSA) is 77.8 Å². The number of phosphoric acid groups is 1. The molecule has 0 bridgehead atoms. The van der Waals surface area contributed by atoms with Crippen LogP contribution in [-0.2, 0) is 38.7 Å². The fourth-order valence-corrected chi connectivity index (χ4v) is 0. The molecule has 0 aliphatic rings. The van der Waals surface area contributed by atoms with Gasteiger partial charge in [0.1, 0.15) is 0 Å². The van der Waals surface area contributed by atoms with Gasteiger partial charge < -0.3 is 14.7 Å². The molecule has 7 heteroatoms. The van der Waals surface area contributed by atoms with E-state index in [9.17, 15) is 0 Å². The largest absolute Gasteiger partial charge is 0.466 e. The van der Waals surface area contributed by atoms with Gasteiger partial charge in [-0.15, -0.1) is 0 Å². The van der Waals surface area contributed by atoms with Gasteiger partial charge in [-0.1, -0.05) is 0 Å². The summed E-state index contributed by atoms with van der Waals surface area (Å²) in [6, 6.07) is 0. The minimum Gasteiger partial charge on any atom is -0.303 e. The Morgan fingerprint density at radius 3 is 1.00 bits per heavy atom. The molecule has 0 saturated heterocycles. The zero-order valence-corrected chi connectivity index (χ0v) is 6.21. The van der Waals surface area contributed by atoms with Crippen molar-refractivity contribution in [3.63, 3.8) is 0 Å². The molecule has 7 heavy (non-hydrogen) atoms. The molecule has 0 aromatic carbocycles. The van der Waals surface area contributed by atoms with E-state index in [0.717, 1.165) is 0 Å². The van der Waals surface area contributed by atoms with Crippen LogP contribution in [0.2, 0.25) is 0 Å². The second-order valence-corrected chi connectivity index (χ2v) is 1.54. The number of rotatable bonds is 0. The third-order valence-corrected chi connectivity index (χ3v) is 0. The van der Waals surface area contributed by atoms with E-state index < -0.39 is 7.82 Å². The molecule has 0 heterocycles. The fraction of sp³-hybridized carbons (Fsp3) is 0. The van der Waals surface area contributed by atoms with Crippen molar-refractivity contribution < 1.29 is 53.4 Å². The van der Waals surface area contributed by atoms with E-state index >= 15 is 0 Å².